The number of urea groups is 1. The highest BCUT2D eigenvalue weighted by molar-refractivity contribution is 8.00. The molecule has 0 radical (unpaired) electrons. The van der Waals surface area contributed by atoms with Gasteiger partial charge < -0.3 is 15.3 Å². The smallest absolute Gasteiger partial charge is 0.435 e. The second-order valence-corrected chi connectivity index (χ2v) is 19.6. The number of halogens is 11. The molecule has 2 N–H and O–H groups in total. The van der Waals surface area contributed by atoms with Crippen LogP contribution in [-0.4, -0.2) is 93.7 Å². The maximum absolute atomic E-state index is 15.2. The summed E-state index contributed by atoms with van der Waals surface area (Å²) in [6.07, 6.45) is -10.1. The third-order valence-corrected chi connectivity index (χ3v) is 13.2. The minimum Gasteiger partial charge on any atom is -0.481 e. The number of aromatic nitrogens is 5. The number of hydrogen-bond donors (Lipinski definition) is 2. The molecule has 0 saturated carbocycles. The Bertz CT molecular complexity index is 2930. The zero-order chi connectivity index (χ0) is 53.8. The molecule has 0 bridgehead atoms. The van der Waals surface area contributed by atoms with E-state index >= 15 is 8.78 Å². The van der Waals surface area contributed by atoms with Gasteiger partial charge in [-0.3, -0.25) is 19.0 Å². The van der Waals surface area contributed by atoms with Gasteiger partial charge in [0.1, 0.15) is 47.1 Å². The summed E-state index contributed by atoms with van der Waals surface area (Å²) in [5.41, 5.74) is -4.81. The van der Waals surface area contributed by atoms with E-state index < -0.39 is 130 Å². The standard InChI is InChI=1S/C44H41ClF10N8O5S2.C2H6/c1-41(2,69-4)14-12-26-8-9-27(28-10-11-30(45)34-36(28)62(22-43(50,51)52)59-39(34)63(70(5)68)40(67)60(3)16-6-7-33(65)66)35(56-26)31(19-23-17-24(46)20-25(47)18-23)57-32(64)21-61-38-29(13-15-42(38,48)49)37(58-61)44(53,54)55;1-2/h8-11,17-18,20,31H,6-7,13,15-16,19,21-22H2,1-5H3,(H,57,64)(H,65,66);1-2H3. The van der Waals surface area contributed by atoms with E-state index in [9.17, 15) is 53.7 Å². The lowest BCUT2D eigenvalue weighted by atomic mass is 9.93. The van der Waals surface area contributed by atoms with Gasteiger partial charge in [0.15, 0.2) is 11.5 Å². The zero-order valence-electron chi connectivity index (χ0n) is 39.5. The summed E-state index contributed by atoms with van der Waals surface area (Å²) in [7, 11) is -1.14. The Morgan fingerprint density at radius 1 is 1.00 bits per heavy atom. The Morgan fingerprint density at radius 2 is 1.64 bits per heavy atom. The highest BCUT2D eigenvalue weighted by Crippen LogP contribution is 2.47. The van der Waals surface area contributed by atoms with E-state index in [0.717, 1.165) is 23.3 Å². The summed E-state index contributed by atoms with van der Waals surface area (Å²) in [6, 6.07) is 4.69. The number of fused-ring (bicyclic) bond motifs is 2. The van der Waals surface area contributed by atoms with E-state index in [4.69, 9.17) is 16.7 Å². The van der Waals surface area contributed by atoms with E-state index in [1.807, 2.05) is 13.8 Å². The van der Waals surface area contributed by atoms with Crippen molar-refractivity contribution in [1.29, 1.82) is 0 Å². The lowest BCUT2D eigenvalue weighted by molar-refractivity contribution is -0.143. The summed E-state index contributed by atoms with van der Waals surface area (Å²) >= 11 is 8.06. The quantitative estimate of drug-likeness (QED) is 0.0770. The average molecular weight is 1080 g/mol. The topological polar surface area (TPSA) is 156 Å². The molecule has 13 nitrogen and oxygen atoms in total. The number of carboxylic acids is 1. The molecule has 1 aliphatic rings. The summed E-state index contributed by atoms with van der Waals surface area (Å²) in [5, 5.41) is 18.4. The Kier molecular flexibility index (Phi) is 17.8. The molecule has 0 fully saturated rings. The highest BCUT2D eigenvalue weighted by Gasteiger charge is 2.50. The van der Waals surface area contributed by atoms with Crippen LogP contribution in [0.25, 0.3) is 22.0 Å². The molecular weight excluding hydrogens is 1030 g/mol. The molecule has 390 valence electrons. The monoisotopic (exact) mass is 1080 g/mol. The molecule has 1 aliphatic carbocycles. The van der Waals surface area contributed by atoms with E-state index in [-0.39, 0.29) is 62.6 Å². The number of pyridine rings is 1. The first kappa shape index (κ1) is 57.0. The van der Waals surface area contributed by atoms with Crippen LogP contribution in [0.3, 0.4) is 0 Å². The van der Waals surface area contributed by atoms with Crippen LogP contribution < -0.4 is 9.62 Å². The fourth-order valence-corrected chi connectivity index (χ4v) is 8.81. The molecule has 2 atom stereocenters. The predicted octanol–water partition coefficient (Wildman–Crippen LogP) is 10.5. The summed E-state index contributed by atoms with van der Waals surface area (Å²) < 4.78 is 159. The fraction of sp³-hybridized carbons (Fsp3) is 0.435. The van der Waals surface area contributed by atoms with Crippen LogP contribution in [0.1, 0.15) is 86.9 Å². The second-order valence-electron chi connectivity index (χ2n) is 16.6. The van der Waals surface area contributed by atoms with Gasteiger partial charge in [0.05, 0.1) is 32.4 Å². The van der Waals surface area contributed by atoms with Crippen LogP contribution in [0.15, 0.2) is 42.5 Å². The second kappa shape index (κ2) is 22.5. The van der Waals surface area contributed by atoms with Gasteiger partial charge in [-0.25, -0.2) is 22.8 Å². The highest BCUT2D eigenvalue weighted by atomic mass is 35.5. The van der Waals surface area contributed by atoms with Crippen LogP contribution in [-0.2, 0) is 58.6 Å². The van der Waals surface area contributed by atoms with Crippen molar-refractivity contribution in [1.82, 2.24) is 34.8 Å². The van der Waals surface area contributed by atoms with Gasteiger partial charge in [-0.1, -0.05) is 37.4 Å². The molecule has 0 aliphatic heterocycles. The number of nitrogens with one attached hydrogen (secondary N) is 1. The van der Waals surface area contributed by atoms with Gasteiger partial charge in [-0.2, -0.15) is 49.6 Å². The van der Waals surface area contributed by atoms with Crippen molar-refractivity contribution in [2.24, 2.45) is 0 Å². The van der Waals surface area contributed by atoms with E-state index in [0.29, 0.717) is 15.1 Å². The molecule has 6 rings (SSSR count). The number of aliphatic carboxylic acids is 1. The van der Waals surface area contributed by atoms with Gasteiger partial charge in [0.25, 0.3) is 5.92 Å². The lowest BCUT2D eigenvalue weighted by Gasteiger charge is -2.25. The normalized spacial score (nSPS) is 14.1. The number of carboxylic acid groups (broad SMARTS) is 1. The largest absolute Gasteiger partial charge is 0.481 e. The maximum Gasteiger partial charge on any atom is 0.435 e. The number of nitrogens with zero attached hydrogens (tertiary/aromatic N) is 7. The number of anilines is 1. The van der Waals surface area contributed by atoms with Crippen molar-refractivity contribution in [2.45, 2.75) is 102 Å². The maximum atomic E-state index is 15.2. The number of carbonyl (C=O) groups is 3. The van der Waals surface area contributed by atoms with E-state index in [1.165, 1.54) is 43.1 Å². The number of rotatable bonds is 15. The first-order chi connectivity index (χ1) is 33.5. The Hall–Kier alpha value is -5.87. The number of thioether (sulfide) groups is 1. The number of hydrogen-bond acceptors (Lipinski definition) is 8. The molecule has 2 unspecified atom stereocenters. The van der Waals surface area contributed by atoms with Crippen LogP contribution in [0.4, 0.5) is 54.5 Å². The summed E-state index contributed by atoms with van der Waals surface area (Å²) in [6.45, 7) is 4.26. The molecule has 72 heavy (non-hydrogen) atoms. The Morgan fingerprint density at radius 3 is 2.22 bits per heavy atom. The minimum atomic E-state index is -5.18. The third kappa shape index (κ3) is 13.4. The molecule has 0 spiro atoms. The summed E-state index contributed by atoms with van der Waals surface area (Å²) in [4.78, 5) is 44.8. The van der Waals surface area contributed by atoms with Crippen LogP contribution in [0, 0.1) is 23.5 Å². The van der Waals surface area contributed by atoms with Gasteiger partial charge in [-0.05, 0) is 81.2 Å². The number of carbonyl (C=O) groups excluding carboxylic acids is 2. The summed E-state index contributed by atoms with van der Waals surface area (Å²) in [5.74, 6) is -3.16. The van der Waals surface area contributed by atoms with Crippen molar-refractivity contribution in [3.63, 3.8) is 0 Å². The average Bonchev–Trinajstić information content (AvgIpc) is 3.93. The Balaban J connectivity index is 0.00000475. The fourth-order valence-electron chi connectivity index (χ4n) is 7.69. The molecule has 3 aromatic heterocycles. The molecule has 3 heterocycles. The van der Waals surface area contributed by atoms with E-state index in [1.54, 1.807) is 20.1 Å². The van der Waals surface area contributed by atoms with E-state index in [2.05, 4.69) is 32.3 Å². The molecular formula is C46H47ClF10N8O5S2. The van der Waals surface area contributed by atoms with Crippen molar-refractivity contribution < 1.29 is 67.6 Å². The zero-order valence-corrected chi connectivity index (χ0v) is 41.8. The number of alkyl halides is 8. The van der Waals surface area contributed by atoms with Gasteiger partial charge >= 0.3 is 24.4 Å². The van der Waals surface area contributed by atoms with Crippen LogP contribution >= 0.6 is 23.4 Å². The van der Waals surface area contributed by atoms with Gasteiger partial charge in [-0.15, -0.1) is 11.8 Å². The predicted molar refractivity (Wildman–Crippen MR) is 252 cm³/mol. The molecule has 2 aromatic carbocycles. The van der Waals surface area contributed by atoms with Crippen LogP contribution in [0.2, 0.25) is 5.02 Å². The van der Waals surface area contributed by atoms with Gasteiger partial charge in [0.2, 0.25) is 5.91 Å². The van der Waals surface area contributed by atoms with Crippen molar-refractivity contribution in [3.8, 4) is 23.0 Å². The Labute approximate surface area is 418 Å². The van der Waals surface area contributed by atoms with Crippen molar-refractivity contribution in [2.75, 3.05) is 30.4 Å². The van der Waals surface area contributed by atoms with Crippen molar-refractivity contribution in [3.05, 3.63) is 93.0 Å². The van der Waals surface area contributed by atoms with Crippen molar-refractivity contribution >= 4 is 69.0 Å². The third-order valence-electron chi connectivity index (χ3n) is 10.9. The molecule has 5 aromatic rings. The first-order valence-electron chi connectivity index (χ1n) is 21.8. The molecule has 26 heteroatoms. The van der Waals surface area contributed by atoms with Crippen LogP contribution in [0.5, 0.6) is 0 Å². The van der Waals surface area contributed by atoms with Gasteiger partial charge in [0, 0.05) is 55.4 Å². The SMILES string of the molecule is CC.CSC(C)(C)C#Cc1ccc(-c2ccc(Cl)c3c(N(C(=O)N(C)CCCC(=O)O)S(C)=O)nn(CC(F)(F)F)c23)c(C(Cc2cc(F)cc(F)c2)NC(=O)Cn2nc(C(F)(F)F)c3c2C(F)(F)CC3)n1. The molecule has 0 saturated heterocycles. The number of benzene rings is 2. The minimum absolute atomic E-state index is 0.0244. The molecule has 3 amide bonds. The lowest BCUT2D eigenvalue weighted by Crippen LogP contribution is -2.43. The first-order valence-corrected chi connectivity index (χ1v) is 24.9. The number of amides is 3.